The van der Waals surface area contributed by atoms with Crippen molar-refractivity contribution in [2.24, 2.45) is 5.92 Å². The van der Waals surface area contributed by atoms with Gasteiger partial charge in [0.05, 0.1) is 4.90 Å². The van der Waals surface area contributed by atoms with Gasteiger partial charge in [0.15, 0.2) is 0 Å². The average Bonchev–Trinajstić information content (AvgIpc) is 2.73. The van der Waals surface area contributed by atoms with E-state index in [0.29, 0.717) is 37.5 Å². The van der Waals surface area contributed by atoms with Crippen LogP contribution in [0.15, 0.2) is 53.4 Å². The maximum atomic E-state index is 13.0. The first kappa shape index (κ1) is 19.4. The van der Waals surface area contributed by atoms with E-state index < -0.39 is 10.0 Å². The lowest BCUT2D eigenvalue weighted by Crippen LogP contribution is -2.45. The summed E-state index contributed by atoms with van der Waals surface area (Å²) in [5.41, 5.74) is 2.53. The van der Waals surface area contributed by atoms with Crippen molar-refractivity contribution in [3.05, 3.63) is 64.7 Å². The monoisotopic (exact) mass is 418 g/mol. The fourth-order valence-electron chi connectivity index (χ4n) is 4.04. The van der Waals surface area contributed by atoms with Gasteiger partial charge in [-0.2, -0.15) is 4.31 Å². The van der Waals surface area contributed by atoms with Gasteiger partial charge in [0.1, 0.15) is 0 Å². The maximum absolute atomic E-state index is 13.0. The van der Waals surface area contributed by atoms with Gasteiger partial charge < -0.3 is 4.90 Å². The first-order valence-electron chi connectivity index (χ1n) is 9.56. The van der Waals surface area contributed by atoms with Gasteiger partial charge >= 0.3 is 0 Å². The van der Waals surface area contributed by atoms with E-state index in [9.17, 15) is 13.2 Å². The molecule has 0 aliphatic carbocycles. The summed E-state index contributed by atoms with van der Waals surface area (Å²) in [6, 6.07) is 14.5. The lowest BCUT2D eigenvalue weighted by molar-refractivity contribution is -0.137. The number of nitrogens with zero attached hydrogens (tertiary/aromatic N) is 2. The Morgan fingerprint density at radius 3 is 2.25 bits per heavy atom. The molecule has 2 heterocycles. The summed E-state index contributed by atoms with van der Waals surface area (Å²) in [5.74, 6) is 0.0416. The zero-order valence-corrected chi connectivity index (χ0v) is 17.1. The zero-order chi connectivity index (χ0) is 19.7. The van der Waals surface area contributed by atoms with Crippen molar-refractivity contribution >= 4 is 27.5 Å². The highest BCUT2D eigenvalue weighted by atomic mass is 35.5. The van der Waals surface area contributed by atoms with E-state index in [1.54, 1.807) is 12.1 Å². The number of benzene rings is 2. The molecule has 1 fully saturated rings. The first-order valence-corrected chi connectivity index (χ1v) is 11.4. The predicted octanol–water partition coefficient (Wildman–Crippen LogP) is 3.33. The molecule has 5 nitrogen and oxygen atoms in total. The largest absolute Gasteiger partial charge is 0.338 e. The highest BCUT2D eigenvalue weighted by molar-refractivity contribution is 7.89. The molecular weight excluding hydrogens is 396 g/mol. The molecule has 7 heteroatoms. The Hall–Kier alpha value is -1.89. The molecule has 1 saturated heterocycles. The molecule has 0 N–H and O–H groups in total. The Bertz CT molecular complexity index is 967. The molecule has 1 amide bonds. The molecule has 2 aromatic rings. The van der Waals surface area contributed by atoms with Gasteiger partial charge in [0, 0.05) is 37.1 Å². The van der Waals surface area contributed by atoms with E-state index >= 15 is 0 Å². The Labute approximate surface area is 171 Å². The number of carbonyl (C=O) groups excluding carboxylic acids is 1. The van der Waals surface area contributed by atoms with Crippen LogP contribution in [-0.4, -0.2) is 43.2 Å². The standard InChI is InChI=1S/C21H23ClN2O3S/c22-19-5-7-20(8-6-19)28(26,27)24-13-10-17(11-14-24)21(25)23-12-9-16-3-1-2-4-18(16)15-23/h1-8,17H,9-15H2. The molecule has 2 aliphatic heterocycles. The highest BCUT2D eigenvalue weighted by Crippen LogP contribution is 2.27. The van der Waals surface area contributed by atoms with Crippen LogP contribution in [0.2, 0.25) is 5.02 Å². The van der Waals surface area contributed by atoms with Crippen molar-refractivity contribution in [1.29, 1.82) is 0 Å². The molecule has 0 radical (unpaired) electrons. The zero-order valence-electron chi connectivity index (χ0n) is 15.6. The second-order valence-corrected chi connectivity index (χ2v) is 9.79. The van der Waals surface area contributed by atoms with E-state index in [4.69, 9.17) is 11.6 Å². The van der Waals surface area contributed by atoms with E-state index in [-0.39, 0.29) is 16.7 Å². The van der Waals surface area contributed by atoms with Crippen molar-refractivity contribution in [3.63, 3.8) is 0 Å². The summed E-state index contributed by atoms with van der Waals surface area (Å²) in [4.78, 5) is 15.1. The van der Waals surface area contributed by atoms with Crippen molar-refractivity contribution in [3.8, 4) is 0 Å². The SMILES string of the molecule is O=C(C1CCN(S(=O)(=O)c2ccc(Cl)cc2)CC1)N1CCc2ccccc2C1. The number of piperidine rings is 1. The van der Waals surface area contributed by atoms with Gasteiger partial charge in [0.2, 0.25) is 15.9 Å². The molecule has 0 spiro atoms. The number of fused-ring (bicyclic) bond motifs is 1. The summed E-state index contributed by atoms with van der Waals surface area (Å²) < 4.78 is 27.1. The number of hydrogen-bond acceptors (Lipinski definition) is 3. The fourth-order valence-corrected chi connectivity index (χ4v) is 5.64. The normalized spacial score (nSPS) is 18.7. The molecule has 0 atom stereocenters. The van der Waals surface area contributed by atoms with Gasteiger partial charge in [-0.1, -0.05) is 35.9 Å². The third kappa shape index (κ3) is 3.81. The fraction of sp³-hybridized carbons (Fsp3) is 0.381. The highest BCUT2D eigenvalue weighted by Gasteiger charge is 2.34. The molecule has 28 heavy (non-hydrogen) atoms. The minimum absolute atomic E-state index is 0.109. The summed E-state index contributed by atoms with van der Waals surface area (Å²) in [5, 5.41) is 0.506. The molecule has 0 unspecified atom stereocenters. The third-order valence-electron chi connectivity index (χ3n) is 5.70. The maximum Gasteiger partial charge on any atom is 0.243 e. The molecule has 2 aromatic carbocycles. The van der Waals surface area contributed by atoms with Crippen LogP contribution < -0.4 is 0 Å². The quantitative estimate of drug-likeness (QED) is 0.768. The minimum Gasteiger partial charge on any atom is -0.338 e. The first-order chi connectivity index (χ1) is 13.4. The van der Waals surface area contributed by atoms with Crippen LogP contribution in [0.5, 0.6) is 0 Å². The van der Waals surface area contributed by atoms with Gasteiger partial charge in [-0.05, 0) is 54.7 Å². The second kappa shape index (κ2) is 7.85. The molecule has 2 aliphatic rings. The Balaban J connectivity index is 1.39. The van der Waals surface area contributed by atoms with Crippen molar-refractivity contribution in [2.75, 3.05) is 19.6 Å². The number of carbonyl (C=O) groups is 1. The van der Waals surface area contributed by atoms with Crippen LogP contribution in [0, 0.1) is 5.92 Å². The molecule has 0 bridgehead atoms. The van der Waals surface area contributed by atoms with Gasteiger partial charge in [-0.3, -0.25) is 4.79 Å². The van der Waals surface area contributed by atoms with Crippen LogP contribution in [0.3, 0.4) is 0 Å². The summed E-state index contributed by atoms with van der Waals surface area (Å²) in [6.45, 7) is 2.12. The minimum atomic E-state index is -3.54. The summed E-state index contributed by atoms with van der Waals surface area (Å²) in [6.07, 6.45) is 2.00. The lowest BCUT2D eigenvalue weighted by atomic mass is 9.94. The average molecular weight is 419 g/mol. The molecule has 4 rings (SSSR count). The number of rotatable bonds is 3. The topological polar surface area (TPSA) is 57.7 Å². The van der Waals surface area contributed by atoms with Crippen LogP contribution in [0.25, 0.3) is 0 Å². The molecule has 148 valence electrons. The van der Waals surface area contributed by atoms with Crippen molar-refractivity contribution in [1.82, 2.24) is 9.21 Å². The van der Waals surface area contributed by atoms with E-state index in [0.717, 1.165) is 13.0 Å². The van der Waals surface area contributed by atoms with Crippen molar-refractivity contribution < 1.29 is 13.2 Å². The summed E-state index contributed by atoms with van der Waals surface area (Å²) >= 11 is 5.86. The number of amides is 1. The molecular formula is C21H23ClN2O3S. The lowest BCUT2D eigenvalue weighted by Gasteiger charge is -2.35. The van der Waals surface area contributed by atoms with Gasteiger partial charge in [-0.15, -0.1) is 0 Å². The van der Waals surface area contributed by atoms with Crippen LogP contribution in [0.4, 0.5) is 0 Å². The van der Waals surface area contributed by atoms with Crippen LogP contribution in [-0.2, 0) is 27.8 Å². The van der Waals surface area contributed by atoms with Gasteiger partial charge in [-0.25, -0.2) is 8.42 Å². The number of sulfonamides is 1. The predicted molar refractivity (Wildman–Crippen MR) is 108 cm³/mol. The molecule has 0 saturated carbocycles. The van der Waals surface area contributed by atoms with E-state index in [1.807, 2.05) is 17.0 Å². The van der Waals surface area contributed by atoms with Gasteiger partial charge in [0.25, 0.3) is 0 Å². The Kier molecular flexibility index (Phi) is 5.45. The van der Waals surface area contributed by atoms with E-state index in [1.165, 1.54) is 27.6 Å². The summed E-state index contributed by atoms with van der Waals surface area (Å²) in [7, 11) is -3.54. The molecule has 0 aromatic heterocycles. The number of hydrogen-bond donors (Lipinski definition) is 0. The van der Waals surface area contributed by atoms with Crippen LogP contribution in [0.1, 0.15) is 24.0 Å². The smallest absolute Gasteiger partial charge is 0.243 e. The van der Waals surface area contributed by atoms with Crippen molar-refractivity contribution in [2.45, 2.75) is 30.7 Å². The van der Waals surface area contributed by atoms with E-state index in [2.05, 4.69) is 12.1 Å². The number of halogens is 1. The third-order valence-corrected chi connectivity index (χ3v) is 7.86. The Morgan fingerprint density at radius 1 is 0.929 bits per heavy atom. The Morgan fingerprint density at radius 2 is 1.57 bits per heavy atom. The van der Waals surface area contributed by atoms with Crippen LogP contribution >= 0.6 is 11.6 Å². The second-order valence-electron chi connectivity index (χ2n) is 7.41.